The Balaban J connectivity index is 2.34. The van der Waals surface area contributed by atoms with Gasteiger partial charge >= 0.3 is 0 Å². The molecular formula is C13H16ClNO4S. The molecule has 1 rings (SSSR count). The van der Waals surface area contributed by atoms with Crippen molar-refractivity contribution in [3.63, 3.8) is 0 Å². The lowest BCUT2D eigenvalue weighted by atomic mass is 10.1. The van der Waals surface area contributed by atoms with Gasteiger partial charge in [0, 0.05) is 36.2 Å². The molecule has 0 saturated carbocycles. The minimum atomic E-state index is -3.09. The van der Waals surface area contributed by atoms with Gasteiger partial charge in [-0.3, -0.25) is 9.59 Å². The Hall–Kier alpha value is -1.40. The van der Waals surface area contributed by atoms with Gasteiger partial charge in [-0.15, -0.1) is 0 Å². The third kappa shape index (κ3) is 6.68. The first-order valence-corrected chi connectivity index (χ1v) is 8.45. The smallest absolute Gasteiger partial charge is 0.220 e. The van der Waals surface area contributed by atoms with Crippen LogP contribution in [-0.4, -0.2) is 38.7 Å². The van der Waals surface area contributed by atoms with Crippen LogP contribution in [-0.2, 0) is 14.6 Å². The van der Waals surface area contributed by atoms with E-state index in [0.717, 1.165) is 6.26 Å². The van der Waals surface area contributed by atoms with Gasteiger partial charge < -0.3 is 5.32 Å². The molecule has 0 aliphatic heterocycles. The fourth-order valence-corrected chi connectivity index (χ4v) is 2.07. The quantitative estimate of drug-likeness (QED) is 0.772. The second-order valence-corrected chi connectivity index (χ2v) is 7.11. The molecule has 0 spiro atoms. The van der Waals surface area contributed by atoms with Crippen LogP contribution < -0.4 is 5.32 Å². The van der Waals surface area contributed by atoms with Crippen molar-refractivity contribution in [3.8, 4) is 0 Å². The standard InChI is InChI=1S/C13H16ClNO4S/c1-20(18,19)9-8-15-13(17)7-6-12(16)10-2-4-11(14)5-3-10/h2-5H,6-9H2,1H3,(H,15,17). The highest BCUT2D eigenvalue weighted by Gasteiger charge is 2.10. The van der Waals surface area contributed by atoms with E-state index in [1.807, 2.05) is 0 Å². The van der Waals surface area contributed by atoms with Crippen molar-refractivity contribution in [1.82, 2.24) is 5.32 Å². The molecule has 20 heavy (non-hydrogen) atoms. The molecule has 110 valence electrons. The van der Waals surface area contributed by atoms with Gasteiger partial charge in [-0.05, 0) is 24.3 Å². The van der Waals surface area contributed by atoms with Crippen molar-refractivity contribution in [3.05, 3.63) is 34.9 Å². The number of carbonyl (C=O) groups excluding carboxylic acids is 2. The van der Waals surface area contributed by atoms with E-state index in [1.165, 1.54) is 0 Å². The normalized spacial score (nSPS) is 11.1. The summed E-state index contributed by atoms with van der Waals surface area (Å²) in [4.78, 5) is 23.2. The summed E-state index contributed by atoms with van der Waals surface area (Å²) in [6.07, 6.45) is 1.21. The number of nitrogens with one attached hydrogen (secondary N) is 1. The molecule has 5 nitrogen and oxygen atoms in total. The summed E-state index contributed by atoms with van der Waals surface area (Å²) in [7, 11) is -3.09. The zero-order chi connectivity index (χ0) is 15.2. The van der Waals surface area contributed by atoms with E-state index in [2.05, 4.69) is 5.32 Å². The van der Waals surface area contributed by atoms with Crippen LogP contribution in [0.3, 0.4) is 0 Å². The number of hydrogen-bond acceptors (Lipinski definition) is 4. The maximum Gasteiger partial charge on any atom is 0.220 e. The van der Waals surface area contributed by atoms with Crippen LogP contribution in [0.1, 0.15) is 23.2 Å². The van der Waals surface area contributed by atoms with Gasteiger partial charge in [0.25, 0.3) is 0 Å². The van der Waals surface area contributed by atoms with E-state index in [4.69, 9.17) is 11.6 Å². The summed E-state index contributed by atoms with van der Waals surface area (Å²) >= 11 is 5.71. The van der Waals surface area contributed by atoms with Crippen molar-refractivity contribution in [2.24, 2.45) is 0 Å². The minimum absolute atomic E-state index is 0.0330. The van der Waals surface area contributed by atoms with Gasteiger partial charge in [0.1, 0.15) is 9.84 Å². The molecule has 0 saturated heterocycles. The first-order chi connectivity index (χ1) is 9.28. The molecule has 1 N–H and O–H groups in total. The summed E-state index contributed by atoms with van der Waals surface area (Å²) in [5.74, 6) is -0.597. The number of rotatable bonds is 7. The third-order valence-corrected chi connectivity index (χ3v) is 3.74. The summed E-state index contributed by atoms with van der Waals surface area (Å²) in [5.41, 5.74) is 0.498. The topological polar surface area (TPSA) is 80.3 Å². The Morgan fingerprint density at radius 2 is 1.75 bits per heavy atom. The van der Waals surface area contributed by atoms with Crippen LogP contribution in [0.5, 0.6) is 0 Å². The number of benzene rings is 1. The predicted octanol–water partition coefficient (Wildman–Crippen LogP) is 1.46. The third-order valence-electron chi connectivity index (χ3n) is 2.54. The Kier molecular flexibility index (Phi) is 6.16. The van der Waals surface area contributed by atoms with E-state index in [9.17, 15) is 18.0 Å². The molecule has 0 aliphatic rings. The number of sulfone groups is 1. The molecule has 7 heteroatoms. The summed E-state index contributed by atoms with van der Waals surface area (Å²) in [6.45, 7) is 0.0623. The number of carbonyl (C=O) groups is 2. The molecular weight excluding hydrogens is 302 g/mol. The molecule has 0 atom stereocenters. The second kappa shape index (κ2) is 7.40. The Labute approximate surface area is 123 Å². The molecule has 0 unspecified atom stereocenters. The van der Waals surface area contributed by atoms with E-state index in [0.29, 0.717) is 10.6 Å². The van der Waals surface area contributed by atoms with Crippen molar-refractivity contribution < 1.29 is 18.0 Å². The zero-order valence-electron chi connectivity index (χ0n) is 11.1. The Morgan fingerprint density at radius 3 is 2.30 bits per heavy atom. The van der Waals surface area contributed by atoms with E-state index < -0.39 is 9.84 Å². The highest BCUT2D eigenvalue weighted by Crippen LogP contribution is 2.11. The maximum absolute atomic E-state index is 11.8. The molecule has 1 amide bonds. The summed E-state index contributed by atoms with van der Waals surface area (Å²) in [6, 6.07) is 6.43. The zero-order valence-corrected chi connectivity index (χ0v) is 12.6. The Bertz CT molecular complexity index is 581. The number of halogens is 1. The molecule has 0 fully saturated rings. The molecule has 0 heterocycles. The maximum atomic E-state index is 11.8. The molecule has 1 aromatic carbocycles. The predicted molar refractivity (Wildman–Crippen MR) is 77.7 cm³/mol. The largest absolute Gasteiger partial charge is 0.355 e. The lowest BCUT2D eigenvalue weighted by molar-refractivity contribution is -0.120. The van der Waals surface area contributed by atoms with E-state index in [-0.39, 0.29) is 36.8 Å². The molecule has 0 radical (unpaired) electrons. The van der Waals surface area contributed by atoms with Crippen LogP contribution in [0.2, 0.25) is 5.02 Å². The molecule has 1 aromatic rings. The van der Waals surface area contributed by atoms with Crippen LogP contribution in [0, 0.1) is 0 Å². The summed E-state index contributed by atoms with van der Waals surface area (Å²) < 4.78 is 21.8. The van der Waals surface area contributed by atoms with Crippen molar-refractivity contribution in [2.75, 3.05) is 18.6 Å². The first-order valence-electron chi connectivity index (χ1n) is 6.01. The van der Waals surface area contributed by atoms with Crippen LogP contribution in [0.25, 0.3) is 0 Å². The monoisotopic (exact) mass is 317 g/mol. The molecule has 0 aromatic heterocycles. The van der Waals surface area contributed by atoms with Gasteiger partial charge in [-0.1, -0.05) is 11.6 Å². The number of ketones is 1. The van der Waals surface area contributed by atoms with Gasteiger partial charge in [0.15, 0.2) is 5.78 Å². The van der Waals surface area contributed by atoms with E-state index in [1.54, 1.807) is 24.3 Å². The number of Topliss-reactive ketones (excluding diaryl/α,β-unsaturated/α-hetero) is 1. The van der Waals surface area contributed by atoms with Crippen LogP contribution >= 0.6 is 11.6 Å². The van der Waals surface area contributed by atoms with Crippen molar-refractivity contribution >= 4 is 33.1 Å². The van der Waals surface area contributed by atoms with Gasteiger partial charge in [0.2, 0.25) is 5.91 Å². The average molecular weight is 318 g/mol. The number of amides is 1. The van der Waals surface area contributed by atoms with Gasteiger partial charge in [-0.2, -0.15) is 0 Å². The minimum Gasteiger partial charge on any atom is -0.355 e. The fourth-order valence-electron chi connectivity index (χ4n) is 1.47. The molecule has 0 bridgehead atoms. The van der Waals surface area contributed by atoms with Crippen LogP contribution in [0.4, 0.5) is 0 Å². The highest BCUT2D eigenvalue weighted by molar-refractivity contribution is 7.90. The van der Waals surface area contributed by atoms with Crippen molar-refractivity contribution in [1.29, 1.82) is 0 Å². The number of hydrogen-bond donors (Lipinski definition) is 1. The van der Waals surface area contributed by atoms with Gasteiger partial charge in [0.05, 0.1) is 5.75 Å². The van der Waals surface area contributed by atoms with E-state index >= 15 is 0 Å². The Morgan fingerprint density at radius 1 is 1.15 bits per heavy atom. The molecule has 0 aliphatic carbocycles. The van der Waals surface area contributed by atoms with Crippen molar-refractivity contribution in [2.45, 2.75) is 12.8 Å². The highest BCUT2D eigenvalue weighted by atomic mass is 35.5. The van der Waals surface area contributed by atoms with Gasteiger partial charge in [-0.25, -0.2) is 8.42 Å². The van der Waals surface area contributed by atoms with Crippen LogP contribution in [0.15, 0.2) is 24.3 Å². The first kappa shape index (κ1) is 16.7. The second-order valence-electron chi connectivity index (χ2n) is 4.41. The lowest BCUT2D eigenvalue weighted by Gasteiger charge is -2.04. The summed E-state index contributed by atoms with van der Waals surface area (Å²) in [5, 5.41) is 3.01. The SMILES string of the molecule is CS(=O)(=O)CCNC(=O)CCC(=O)c1ccc(Cl)cc1. The fraction of sp³-hybridized carbons (Fsp3) is 0.385. The lowest BCUT2D eigenvalue weighted by Crippen LogP contribution is -2.29. The average Bonchev–Trinajstić information content (AvgIpc) is 2.35.